The standard InChI is InChI=1S/C13H11ClN2OS2/c1-7-5-19-6-10(7)13(17)16-11-4-8(14)2-3-9(11)12(15)18/h2-6H,1H3,(H2,15,18)(H,16,17). The van der Waals surface area contributed by atoms with Gasteiger partial charge >= 0.3 is 0 Å². The van der Waals surface area contributed by atoms with Crippen LogP contribution in [-0.2, 0) is 0 Å². The molecular formula is C13H11ClN2OS2. The zero-order valence-electron chi connectivity index (χ0n) is 10.1. The predicted molar refractivity (Wildman–Crippen MR) is 84.3 cm³/mol. The van der Waals surface area contributed by atoms with E-state index in [4.69, 9.17) is 29.6 Å². The van der Waals surface area contributed by atoms with Gasteiger partial charge in [0.15, 0.2) is 0 Å². The van der Waals surface area contributed by atoms with Crippen LogP contribution < -0.4 is 11.1 Å². The number of hydrogen-bond donors (Lipinski definition) is 2. The minimum absolute atomic E-state index is 0.196. The Balaban J connectivity index is 2.33. The van der Waals surface area contributed by atoms with Gasteiger partial charge in [-0.25, -0.2) is 0 Å². The Morgan fingerprint density at radius 1 is 1.37 bits per heavy atom. The molecule has 98 valence electrons. The summed E-state index contributed by atoms with van der Waals surface area (Å²) < 4.78 is 0. The maximum Gasteiger partial charge on any atom is 0.256 e. The van der Waals surface area contributed by atoms with Gasteiger partial charge in [0.25, 0.3) is 5.91 Å². The van der Waals surface area contributed by atoms with E-state index >= 15 is 0 Å². The minimum atomic E-state index is -0.196. The van der Waals surface area contributed by atoms with E-state index in [1.807, 2.05) is 12.3 Å². The van der Waals surface area contributed by atoms with Crippen LogP contribution in [0.3, 0.4) is 0 Å². The number of carbonyl (C=O) groups is 1. The maximum absolute atomic E-state index is 12.2. The fraction of sp³-hybridized carbons (Fsp3) is 0.0769. The molecule has 0 spiro atoms. The monoisotopic (exact) mass is 310 g/mol. The van der Waals surface area contributed by atoms with Gasteiger partial charge in [0.2, 0.25) is 0 Å². The molecule has 0 aliphatic rings. The van der Waals surface area contributed by atoms with E-state index in [1.165, 1.54) is 11.3 Å². The van der Waals surface area contributed by atoms with Crippen LogP contribution in [0, 0.1) is 6.92 Å². The van der Waals surface area contributed by atoms with Crippen molar-refractivity contribution >= 4 is 51.7 Å². The molecule has 0 aliphatic heterocycles. The Hall–Kier alpha value is -1.43. The topological polar surface area (TPSA) is 55.1 Å². The summed E-state index contributed by atoms with van der Waals surface area (Å²) in [6.45, 7) is 1.89. The zero-order valence-corrected chi connectivity index (χ0v) is 12.5. The van der Waals surface area contributed by atoms with Crippen molar-refractivity contribution in [1.82, 2.24) is 0 Å². The summed E-state index contributed by atoms with van der Waals surface area (Å²) >= 11 is 12.4. The number of nitrogens with one attached hydrogen (secondary N) is 1. The number of amides is 1. The second kappa shape index (κ2) is 5.69. The van der Waals surface area contributed by atoms with Gasteiger partial charge in [0, 0.05) is 16.0 Å². The number of anilines is 1. The van der Waals surface area contributed by atoms with Crippen molar-refractivity contribution in [3.63, 3.8) is 0 Å². The summed E-state index contributed by atoms with van der Waals surface area (Å²) in [7, 11) is 0. The number of thiophene rings is 1. The van der Waals surface area contributed by atoms with Crippen LogP contribution in [0.5, 0.6) is 0 Å². The van der Waals surface area contributed by atoms with Crippen molar-refractivity contribution in [3.8, 4) is 0 Å². The van der Waals surface area contributed by atoms with Gasteiger partial charge in [-0.2, -0.15) is 11.3 Å². The van der Waals surface area contributed by atoms with E-state index in [0.717, 1.165) is 5.56 Å². The lowest BCUT2D eigenvalue weighted by Gasteiger charge is -2.10. The number of nitrogens with two attached hydrogens (primary N) is 1. The summed E-state index contributed by atoms with van der Waals surface area (Å²) in [6.07, 6.45) is 0. The number of thiocarbonyl (C=S) groups is 1. The Bertz CT molecular complexity index is 652. The molecular weight excluding hydrogens is 300 g/mol. The molecule has 0 radical (unpaired) electrons. The van der Waals surface area contributed by atoms with E-state index in [-0.39, 0.29) is 10.9 Å². The molecule has 0 saturated carbocycles. The van der Waals surface area contributed by atoms with Crippen LogP contribution in [0.2, 0.25) is 5.02 Å². The van der Waals surface area contributed by atoms with E-state index < -0.39 is 0 Å². The molecule has 0 unspecified atom stereocenters. The molecule has 1 heterocycles. The average Bonchev–Trinajstić information content (AvgIpc) is 2.75. The summed E-state index contributed by atoms with van der Waals surface area (Å²) in [5.41, 5.74) is 8.32. The maximum atomic E-state index is 12.2. The van der Waals surface area contributed by atoms with Gasteiger partial charge in [-0.15, -0.1) is 0 Å². The molecule has 6 heteroatoms. The number of aryl methyl sites for hydroxylation is 1. The molecule has 0 atom stereocenters. The van der Waals surface area contributed by atoms with E-state index in [2.05, 4.69) is 5.32 Å². The highest BCUT2D eigenvalue weighted by atomic mass is 35.5. The van der Waals surface area contributed by atoms with Gasteiger partial charge in [-0.1, -0.05) is 23.8 Å². The third-order valence-electron chi connectivity index (χ3n) is 2.60. The fourth-order valence-electron chi connectivity index (χ4n) is 1.62. The molecule has 3 N–H and O–H groups in total. The van der Waals surface area contributed by atoms with Gasteiger partial charge < -0.3 is 11.1 Å². The number of carbonyl (C=O) groups excluding carboxylic acids is 1. The predicted octanol–water partition coefficient (Wildman–Crippen LogP) is 3.60. The highest BCUT2D eigenvalue weighted by molar-refractivity contribution is 7.80. The van der Waals surface area contributed by atoms with E-state index in [1.54, 1.807) is 23.6 Å². The lowest BCUT2D eigenvalue weighted by molar-refractivity contribution is 0.102. The lowest BCUT2D eigenvalue weighted by atomic mass is 10.1. The molecule has 0 saturated heterocycles. The van der Waals surface area contributed by atoms with Crippen LogP contribution in [0.1, 0.15) is 21.5 Å². The Morgan fingerprint density at radius 3 is 2.68 bits per heavy atom. The Morgan fingerprint density at radius 2 is 2.11 bits per heavy atom. The van der Waals surface area contributed by atoms with Crippen LogP contribution >= 0.6 is 35.2 Å². The Kier molecular flexibility index (Phi) is 4.19. The normalized spacial score (nSPS) is 10.2. The SMILES string of the molecule is Cc1cscc1C(=O)Nc1cc(Cl)ccc1C(N)=S. The van der Waals surface area contributed by atoms with Crippen molar-refractivity contribution in [2.45, 2.75) is 6.92 Å². The highest BCUT2D eigenvalue weighted by Gasteiger charge is 2.13. The molecule has 0 fully saturated rings. The molecule has 0 bridgehead atoms. The summed E-state index contributed by atoms with van der Waals surface area (Å²) in [5, 5.41) is 7.02. The zero-order chi connectivity index (χ0) is 14.0. The van der Waals surface area contributed by atoms with Crippen molar-refractivity contribution < 1.29 is 4.79 Å². The fourth-order valence-corrected chi connectivity index (χ4v) is 2.80. The number of halogens is 1. The van der Waals surface area contributed by atoms with Gasteiger partial charge in [-0.05, 0) is 36.1 Å². The molecule has 1 aromatic heterocycles. The molecule has 3 nitrogen and oxygen atoms in total. The first-order valence-electron chi connectivity index (χ1n) is 5.42. The van der Waals surface area contributed by atoms with E-state index in [9.17, 15) is 4.79 Å². The van der Waals surface area contributed by atoms with Gasteiger partial charge in [0.05, 0.1) is 11.3 Å². The van der Waals surface area contributed by atoms with Gasteiger partial charge in [0.1, 0.15) is 4.99 Å². The molecule has 1 amide bonds. The largest absolute Gasteiger partial charge is 0.389 e. The summed E-state index contributed by atoms with van der Waals surface area (Å²) in [4.78, 5) is 12.4. The van der Waals surface area contributed by atoms with Gasteiger partial charge in [-0.3, -0.25) is 4.79 Å². The first-order chi connectivity index (χ1) is 8.99. The molecule has 0 aliphatic carbocycles. The molecule has 19 heavy (non-hydrogen) atoms. The lowest BCUT2D eigenvalue weighted by Crippen LogP contribution is -2.17. The number of hydrogen-bond acceptors (Lipinski definition) is 3. The molecule has 2 aromatic rings. The van der Waals surface area contributed by atoms with Crippen LogP contribution in [0.25, 0.3) is 0 Å². The summed E-state index contributed by atoms with van der Waals surface area (Å²) in [6, 6.07) is 5.01. The molecule has 2 rings (SSSR count). The van der Waals surface area contributed by atoms with Crippen LogP contribution in [-0.4, -0.2) is 10.9 Å². The average molecular weight is 311 g/mol. The third-order valence-corrected chi connectivity index (χ3v) is 3.91. The first kappa shape index (κ1) is 14.0. The van der Waals surface area contributed by atoms with Crippen molar-refractivity contribution in [2.24, 2.45) is 5.73 Å². The first-order valence-corrected chi connectivity index (χ1v) is 7.15. The van der Waals surface area contributed by atoms with Crippen molar-refractivity contribution in [3.05, 3.63) is 50.7 Å². The van der Waals surface area contributed by atoms with Crippen LogP contribution in [0.15, 0.2) is 29.0 Å². The Labute approximate surface area is 125 Å². The number of benzene rings is 1. The quantitative estimate of drug-likeness (QED) is 0.852. The minimum Gasteiger partial charge on any atom is -0.389 e. The second-order valence-electron chi connectivity index (χ2n) is 3.98. The van der Waals surface area contributed by atoms with E-state index in [0.29, 0.717) is 21.8 Å². The second-order valence-corrected chi connectivity index (χ2v) is 5.60. The van der Waals surface area contributed by atoms with Crippen LogP contribution in [0.4, 0.5) is 5.69 Å². The smallest absolute Gasteiger partial charge is 0.256 e. The van der Waals surface area contributed by atoms with Crippen molar-refractivity contribution in [1.29, 1.82) is 0 Å². The van der Waals surface area contributed by atoms with Crippen molar-refractivity contribution in [2.75, 3.05) is 5.32 Å². The highest BCUT2D eigenvalue weighted by Crippen LogP contribution is 2.23. The summed E-state index contributed by atoms with van der Waals surface area (Å²) in [5.74, 6) is -0.196. The molecule has 1 aromatic carbocycles. The third kappa shape index (κ3) is 3.12. The number of rotatable bonds is 3.